The van der Waals surface area contributed by atoms with Crippen molar-refractivity contribution < 1.29 is 9.21 Å². The summed E-state index contributed by atoms with van der Waals surface area (Å²) >= 11 is 7.00. The number of rotatable bonds is 5. The smallest absolute Gasteiger partial charge is 0.277 e. The Hall–Kier alpha value is -2.18. The molecule has 0 amide bonds. The Morgan fingerprint density at radius 3 is 2.55 bits per heavy atom. The van der Waals surface area contributed by atoms with Crippen LogP contribution in [0.5, 0.6) is 0 Å². The summed E-state index contributed by atoms with van der Waals surface area (Å²) < 4.78 is 5.51. The molecular formula is C15H10ClN3O2S. The molecule has 0 atom stereocenters. The molecule has 0 aliphatic carbocycles. The van der Waals surface area contributed by atoms with Gasteiger partial charge in [-0.2, -0.15) is 0 Å². The van der Waals surface area contributed by atoms with Crippen LogP contribution in [-0.4, -0.2) is 26.7 Å². The number of carbonyl (C=O) groups excluding carboxylic acids is 1. The average molecular weight is 332 g/mol. The Balaban J connectivity index is 1.64. The molecule has 22 heavy (non-hydrogen) atoms. The van der Waals surface area contributed by atoms with Crippen LogP contribution in [0.25, 0.3) is 11.5 Å². The highest BCUT2D eigenvalue weighted by atomic mass is 35.5. The van der Waals surface area contributed by atoms with Gasteiger partial charge in [-0.05, 0) is 36.4 Å². The summed E-state index contributed by atoms with van der Waals surface area (Å²) in [6, 6.07) is 10.3. The van der Waals surface area contributed by atoms with Gasteiger partial charge in [-0.1, -0.05) is 23.4 Å². The third-order valence-electron chi connectivity index (χ3n) is 2.83. The van der Waals surface area contributed by atoms with Crippen molar-refractivity contribution in [2.24, 2.45) is 0 Å². The SMILES string of the molecule is O=C(CSc1nnc(-c2ccncc2)o1)c1ccc(Cl)cc1. The van der Waals surface area contributed by atoms with E-state index in [2.05, 4.69) is 15.2 Å². The second kappa shape index (κ2) is 6.72. The van der Waals surface area contributed by atoms with E-state index in [1.807, 2.05) is 0 Å². The molecule has 0 aliphatic heterocycles. The van der Waals surface area contributed by atoms with E-state index in [1.165, 1.54) is 11.8 Å². The predicted molar refractivity (Wildman–Crippen MR) is 84.0 cm³/mol. The van der Waals surface area contributed by atoms with Crippen molar-refractivity contribution in [1.82, 2.24) is 15.2 Å². The third-order valence-corrected chi connectivity index (χ3v) is 3.90. The molecule has 2 heterocycles. The predicted octanol–water partition coefficient (Wildman–Crippen LogP) is 3.76. The van der Waals surface area contributed by atoms with Crippen LogP contribution < -0.4 is 0 Å². The minimum atomic E-state index is -0.0228. The maximum absolute atomic E-state index is 12.0. The molecule has 0 saturated heterocycles. The van der Waals surface area contributed by atoms with Gasteiger partial charge in [-0.3, -0.25) is 9.78 Å². The molecule has 7 heteroatoms. The first-order valence-electron chi connectivity index (χ1n) is 6.38. The van der Waals surface area contributed by atoms with Crippen LogP contribution >= 0.6 is 23.4 Å². The van der Waals surface area contributed by atoms with Crippen molar-refractivity contribution in [2.45, 2.75) is 5.22 Å². The van der Waals surface area contributed by atoms with Crippen LogP contribution in [0.2, 0.25) is 5.02 Å². The molecule has 2 aromatic heterocycles. The van der Waals surface area contributed by atoms with Crippen LogP contribution in [0, 0.1) is 0 Å². The molecule has 0 fully saturated rings. The quantitative estimate of drug-likeness (QED) is 0.523. The topological polar surface area (TPSA) is 68.9 Å². The van der Waals surface area contributed by atoms with E-state index in [0.717, 1.165) is 5.56 Å². The fraction of sp³-hybridized carbons (Fsp3) is 0.0667. The second-order valence-electron chi connectivity index (χ2n) is 4.33. The van der Waals surface area contributed by atoms with E-state index in [0.29, 0.717) is 21.7 Å². The lowest BCUT2D eigenvalue weighted by molar-refractivity contribution is 0.102. The molecule has 0 aliphatic rings. The molecule has 0 N–H and O–H groups in total. The molecule has 0 spiro atoms. The number of nitrogens with zero attached hydrogens (tertiary/aromatic N) is 3. The van der Waals surface area contributed by atoms with Crippen molar-refractivity contribution in [3.8, 4) is 11.5 Å². The van der Waals surface area contributed by atoms with Gasteiger partial charge in [0.05, 0.1) is 5.75 Å². The maximum atomic E-state index is 12.0. The number of pyridine rings is 1. The summed E-state index contributed by atoms with van der Waals surface area (Å²) in [5.41, 5.74) is 1.39. The molecular weight excluding hydrogens is 322 g/mol. The van der Waals surface area contributed by atoms with Crippen LogP contribution in [0.3, 0.4) is 0 Å². The number of thioether (sulfide) groups is 1. The molecule has 3 aromatic rings. The maximum Gasteiger partial charge on any atom is 0.277 e. The molecule has 0 saturated carbocycles. The lowest BCUT2D eigenvalue weighted by Crippen LogP contribution is -2.01. The molecule has 1 aromatic carbocycles. The largest absolute Gasteiger partial charge is 0.411 e. The highest BCUT2D eigenvalue weighted by Gasteiger charge is 2.12. The van der Waals surface area contributed by atoms with Gasteiger partial charge in [0.1, 0.15) is 0 Å². The van der Waals surface area contributed by atoms with E-state index in [9.17, 15) is 4.79 Å². The van der Waals surface area contributed by atoms with Crippen molar-refractivity contribution in [2.75, 3.05) is 5.75 Å². The first-order valence-corrected chi connectivity index (χ1v) is 7.74. The average Bonchev–Trinajstić information content (AvgIpc) is 3.03. The number of Topliss-reactive ketones (excluding diaryl/α,β-unsaturated/α-hetero) is 1. The van der Waals surface area contributed by atoms with Crippen molar-refractivity contribution in [3.63, 3.8) is 0 Å². The molecule has 0 bridgehead atoms. The number of hydrogen-bond acceptors (Lipinski definition) is 6. The van der Waals surface area contributed by atoms with Gasteiger partial charge >= 0.3 is 0 Å². The van der Waals surface area contributed by atoms with Crippen molar-refractivity contribution >= 4 is 29.1 Å². The van der Waals surface area contributed by atoms with Gasteiger partial charge in [0, 0.05) is 28.5 Å². The van der Waals surface area contributed by atoms with E-state index >= 15 is 0 Å². The van der Waals surface area contributed by atoms with Gasteiger partial charge in [0.2, 0.25) is 5.89 Å². The molecule has 5 nitrogen and oxygen atoms in total. The van der Waals surface area contributed by atoms with Crippen LogP contribution in [0.15, 0.2) is 58.4 Å². The first-order chi connectivity index (χ1) is 10.7. The van der Waals surface area contributed by atoms with Gasteiger partial charge in [0.25, 0.3) is 5.22 Å². The van der Waals surface area contributed by atoms with E-state index < -0.39 is 0 Å². The highest BCUT2D eigenvalue weighted by molar-refractivity contribution is 7.99. The zero-order valence-electron chi connectivity index (χ0n) is 11.3. The number of hydrogen-bond donors (Lipinski definition) is 0. The molecule has 110 valence electrons. The Labute approximate surface area is 135 Å². The Morgan fingerprint density at radius 2 is 1.82 bits per heavy atom. The lowest BCUT2D eigenvalue weighted by atomic mass is 10.1. The summed E-state index contributed by atoms with van der Waals surface area (Å²) in [6.07, 6.45) is 3.30. The van der Waals surface area contributed by atoms with Crippen molar-refractivity contribution in [3.05, 3.63) is 59.4 Å². The standard InChI is InChI=1S/C15H10ClN3O2S/c16-12-3-1-10(2-4-12)13(20)9-22-15-19-18-14(21-15)11-5-7-17-8-6-11/h1-8H,9H2. The van der Waals surface area contributed by atoms with E-state index in [-0.39, 0.29) is 11.5 Å². The summed E-state index contributed by atoms with van der Waals surface area (Å²) in [4.78, 5) is 16.0. The van der Waals surface area contributed by atoms with Gasteiger partial charge in [-0.25, -0.2) is 0 Å². The van der Waals surface area contributed by atoms with Gasteiger partial charge in [0.15, 0.2) is 5.78 Å². The third kappa shape index (κ3) is 3.52. The minimum Gasteiger partial charge on any atom is -0.411 e. The molecule has 3 rings (SSSR count). The monoisotopic (exact) mass is 331 g/mol. The Kier molecular flexibility index (Phi) is 4.50. The first kappa shape index (κ1) is 14.7. The summed E-state index contributed by atoms with van der Waals surface area (Å²) in [7, 11) is 0. The highest BCUT2D eigenvalue weighted by Crippen LogP contribution is 2.23. The number of benzene rings is 1. The van der Waals surface area contributed by atoms with E-state index in [4.69, 9.17) is 16.0 Å². The second-order valence-corrected chi connectivity index (χ2v) is 5.69. The summed E-state index contributed by atoms with van der Waals surface area (Å²) in [5, 5.41) is 8.84. The fourth-order valence-corrected chi connectivity index (χ4v) is 2.51. The Morgan fingerprint density at radius 1 is 1.09 bits per heavy atom. The van der Waals surface area contributed by atoms with E-state index in [1.54, 1.807) is 48.8 Å². The minimum absolute atomic E-state index is 0.0228. The Bertz CT molecular complexity index is 775. The molecule has 0 radical (unpaired) electrons. The zero-order chi connectivity index (χ0) is 15.4. The zero-order valence-corrected chi connectivity index (χ0v) is 12.8. The number of carbonyl (C=O) groups is 1. The van der Waals surface area contributed by atoms with Gasteiger partial charge < -0.3 is 4.42 Å². The van der Waals surface area contributed by atoms with Crippen molar-refractivity contribution in [1.29, 1.82) is 0 Å². The number of halogens is 1. The normalized spacial score (nSPS) is 10.6. The number of ketones is 1. The summed E-state index contributed by atoms with van der Waals surface area (Å²) in [6.45, 7) is 0. The number of aromatic nitrogens is 3. The van der Waals surface area contributed by atoms with Gasteiger partial charge in [-0.15, -0.1) is 10.2 Å². The fourth-order valence-electron chi connectivity index (χ4n) is 1.73. The molecule has 0 unspecified atom stereocenters. The van der Waals surface area contributed by atoms with Crippen LogP contribution in [-0.2, 0) is 0 Å². The summed E-state index contributed by atoms with van der Waals surface area (Å²) in [5.74, 6) is 0.605. The van der Waals surface area contributed by atoms with Crippen LogP contribution in [0.1, 0.15) is 10.4 Å². The van der Waals surface area contributed by atoms with Crippen LogP contribution in [0.4, 0.5) is 0 Å². The lowest BCUT2D eigenvalue weighted by Gasteiger charge is -1.98.